The number of halogens is 2. The van der Waals surface area contributed by atoms with Crippen LogP contribution in [0.5, 0.6) is 0 Å². The summed E-state index contributed by atoms with van der Waals surface area (Å²) in [6.45, 7) is 5.20. The fraction of sp³-hybridized carbons (Fsp3) is 0.364. The van der Waals surface area contributed by atoms with Crippen LogP contribution in [0.3, 0.4) is 0 Å². The zero-order valence-electron chi connectivity index (χ0n) is 18.7. The smallest absolute Gasteiger partial charge is 0.294 e. The van der Waals surface area contributed by atoms with Crippen molar-refractivity contribution in [2.24, 2.45) is 0 Å². The summed E-state index contributed by atoms with van der Waals surface area (Å²) >= 11 is 6.53. The van der Waals surface area contributed by atoms with Crippen LogP contribution in [0.25, 0.3) is 0 Å². The fourth-order valence-electron chi connectivity index (χ4n) is 3.90. The third-order valence-corrected chi connectivity index (χ3v) is 5.91. The van der Waals surface area contributed by atoms with Gasteiger partial charge >= 0.3 is 0 Å². The molecule has 2 amide bonds. The van der Waals surface area contributed by atoms with E-state index >= 15 is 0 Å². The van der Waals surface area contributed by atoms with E-state index in [1.807, 2.05) is 0 Å². The lowest BCUT2D eigenvalue weighted by molar-refractivity contribution is -0.117. The number of rotatable bonds is 6. The molecular formula is C22H22ClFN6O4. The normalized spacial score (nSPS) is 13.8. The van der Waals surface area contributed by atoms with Gasteiger partial charge in [-0.15, -0.1) is 0 Å². The molecule has 2 N–H and O–H groups in total. The molecule has 10 nitrogen and oxygen atoms in total. The Morgan fingerprint density at radius 3 is 2.71 bits per heavy atom. The molecule has 1 aliphatic rings. The lowest BCUT2D eigenvalue weighted by Crippen LogP contribution is -2.35. The van der Waals surface area contributed by atoms with Crippen molar-refractivity contribution in [1.29, 1.82) is 0 Å². The number of aryl methyl sites for hydroxylation is 2. The van der Waals surface area contributed by atoms with Gasteiger partial charge in [-0.2, -0.15) is 9.37 Å². The molecule has 1 atom stereocenters. The molecule has 178 valence electrons. The van der Waals surface area contributed by atoms with E-state index in [4.69, 9.17) is 16.1 Å². The van der Waals surface area contributed by atoms with Gasteiger partial charge in [0.15, 0.2) is 5.82 Å². The number of Topliss-reactive ketones (excluding diaryl/α,β-unsaturated/α-hetero) is 1. The third-order valence-electron chi connectivity index (χ3n) is 5.54. The fourth-order valence-corrected chi connectivity index (χ4v) is 4.28. The molecule has 4 rings (SSSR count). The highest BCUT2D eigenvalue weighted by molar-refractivity contribution is 6.48. The summed E-state index contributed by atoms with van der Waals surface area (Å²) in [6, 6.07) is 0.737. The number of hydrogen-bond donors (Lipinski definition) is 2. The van der Waals surface area contributed by atoms with Crippen LogP contribution < -0.4 is 10.6 Å². The minimum Gasteiger partial charge on any atom is -0.340 e. The second-order valence-electron chi connectivity index (χ2n) is 8.08. The first-order valence-corrected chi connectivity index (χ1v) is 11.0. The van der Waals surface area contributed by atoms with Crippen molar-refractivity contribution in [3.8, 4) is 0 Å². The SMILES string of the molecule is Cc1noc([C@H](C)NC(=O)C(=O)c2c(Cl)c(C(=O)Nc3cnc(F)c(C)c3)c3n2CCCC3)n1. The van der Waals surface area contributed by atoms with E-state index in [2.05, 4.69) is 25.8 Å². The molecule has 0 saturated carbocycles. The number of anilines is 1. The van der Waals surface area contributed by atoms with Crippen molar-refractivity contribution < 1.29 is 23.3 Å². The number of carbonyl (C=O) groups is 3. The van der Waals surface area contributed by atoms with Gasteiger partial charge in [0.2, 0.25) is 11.8 Å². The average Bonchev–Trinajstić information content (AvgIpc) is 3.36. The van der Waals surface area contributed by atoms with Crippen molar-refractivity contribution in [2.45, 2.75) is 52.6 Å². The Kier molecular flexibility index (Phi) is 6.47. The molecule has 0 radical (unpaired) electrons. The summed E-state index contributed by atoms with van der Waals surface area (Å²) in [7, 11) is 0. The second kappa shape index (κ2) is 9.34. The average molecular weight is 489 g/mol. The summed E-state index contributed by atoms with van der Waals surface area (Å²) in [5.41, 5.74) is 1.17. The van der Waals surface area contributed by atoms with E-state index in [1.54, 1.807) is 18.4 Å². The largest absolute Gasteiger partial charge is 0.340 e. The Bertz CT molecular complexity index is 1300. The van der Waals surface area contributed by atoms with Crippen molar-refractivity contribution in [3.63, 3.8) is 0 Å². The molecule has 0 aliphatic carbocycles. The van der Waals surface area contributed by atoms with Gasteiger partial charge < -0.3 is 19.7 Å². The Balaban J connectivity index is 1.63. The summed E-state index contributed by atoms with van der Waals surface area (Å²) in [5.74, 6) is -2.45. The van der Waals surface area contributed by atoms with Crippen LogP contribution in [0.15, 0.2) is 16.8 Å². The topological polar surface area (TPSA) is 132 Å². The number of hydrogen-bond acceptors (Lipinski definition) is 7. The van der Waals surface area contributed by atoms with E-state index in [0.717, 1.165) is 12.8 Å². The van der Waals surface area contributed by atoms with Crippen molar-refractivity contribution in [2.75, 3.05) is 5.32 Å². The quantitative estimate of drug-likeness (QED) is 0.309. The zero-order valence-corrected chi connectivity index (χ0v) is 19.5. The number of nitrogens with one attached hydrogen (secondary N) is 2. The summed E-state index contributed by atoms with van der Waals surface area (Å²) in [5, 5.41) is 8.74. The van der Waals surface area contributed by atoms with Crippen LogP contribution in [0.1, 0.15) is 69.6 Å². The minimum absolute atomic E-state index is 0.0543. The van der Waals surface area contributed by atoms with E-state index < -0.39 is 29.6 Å². The van der Waals surface area contributed by atoms with Crippen molar-refractivity contribution >= 4 is 34.9 Å². The number of ketones is 1. The lowest BCUT2D eigenvalue weighted by atomic mass is 10.1. The van der Waals surface area contributed by atoms with Crippen molar-refractivity contribution in [3.05, 3.63) is 57.5 Å². The summed E-state index contributed by atoms with van der Waals surface area (Å²) < 4.78 is 20.1. The van der Waals surface area contributed by atoms with E-state index in [9.17, 15) is 18.8 Å². The van der Waals surface area contributed by atoms with Crippen LogP contribution in [0.2, 0.25) is 5.02 Å². The second-order valence-corrected chi connectivity index (χ2v) is 8.46. The standard InChI is InChI=1S/C22H22ClFN6O4/c1-10-8-13(9-25-19(10)24)28-20(32)15-14-6-4-5-7-30(14)17(16(15)23)18(31)21(33)26-11(2)22-27-12(3)29-34-22/h8-9,11H,4-7H2,1-3H3,(H,26,33)(H,28,32)/t11-/m0/s1. The van der Waals surface area contributed by atoms with Gasteiger partial charge in [0.1, 0.15) is 11.7 Å². The lowest BCUT2D eigenvalue weighted by Gasteiger charge is -2.18. The number of aromatic nitrogens is 4. The molecule has 1 aliphatic heterocycles. The van der Waals surface area contributed by atoms with Crippen LogP contribution in [0.4, 0.5) is 10.1 Å². The monoisotopic (exact) mass is 488 g/mol. The first-order chi connectivity index (χ1) is 16.2. The molecule has 0 bridgehead atoms. The van der Waals surface area contributed by atoms with E-state index in [-0.39, 0.29) is 33.4 Å². The van der Waals surface area contributed by atoms with E-state index in [1.165, 1.54) is 19.2 Å². The molecule has 0 spiro atoms. The number of nitrogens with zero attached hydrogens (tertiary/aromatic N) is 4. The van der Waals surface area contributed by atoms with E-state index in [0.29, 0.717) is 24.5 Å². The van der Waals surface area contributed by atoms with Crippen LogP contribution in [0, 0.1) is 19.8 Å². The molecule has 3 aromatic heterocycles. The molecular weight excluding hydrogens is 467 g/mol. The molecule has 34 heavy (non-hydrogen) atoms. The number of carbonyl (C=O) groups excluding carboxylic acids is 3. The van der Waals surface area contributed by atoms with Gasteiger partial charge in [-0.05, 0) is 46.1 Å². The number of amides is 2. The molecule has 0 fully saturated rings. The molecule has 3 aromatic rings. The first-order valence-electron chi connectivity index (χ1n) is 10.7. The Labute approximate surface area is 198 Å². The number of fused-ring (bicyclic) bond motifs is 1. The van der Waals surface area contributed by atoms with Crippen LogP contribution in [-0.2, 0) is 17.8 Å². The predicted molar refractivity (Wildman–Crippen MR) is 119 cm³/mol. The van der Waals surface area contributed by atoms with Gasteiger partial charge in [0.25, 0.3) is 17.6 Å². The number of pyridine rings is 1. The highest BCUT2D eigenvalue weighted by atomic mass is 35.5. The van der Waals surface area contributed by atoms with Gasteiger partial charge in [-0.25, -0.2) is 4.98 Å². The molecule has 4 heterocycles. The van der Waals surface area contributed by atoms with Gasteiger partial charge in [0.05, 0.1) is 22.5 Å². The van der Waals surface area contributed by atoms with Gasteiger partial charge in [-0.3, -0.25) is 14.4 Å². The maximum absolute atomic E-state index is 13.5. The molecule has 12 heteroatoms. The maximum Gasteiger partial charge on any atom is 0.294 e. The maximum atomic E-state index is 13.5. The molecule has 0 unspecified atom stereocenters. The zero-order chi connectivity index (χ0) is 24.6. The van der Waals surface area contributed by atoms with Gasteiger partial charge in [-0.1, -0.05) is 16.8 Å². The highest BCUT2D eigenvalue weighted by Crippen LogP contribution is 2.33. The molecule has 0 saturated heterocycles. The summed E-state index contributed by atoms with van der Waals surface area (Å²) in [4.78, 5) is 46.6. The minimum atomic E-state index is -0.915. The van der Waals surface area contributed by atoms with Crippen molar-refractivity contribution in [1.82, 2.24) is 25.0 Å². The highest BCUT2D eigenvalue weighted by Gasteiger charge is 2.34. The summed E-state index contributed by atoms with van der Waals surface area (Å²) in [6.07, 6.45) is 3.26. The van der Waals surface area contributed by atoms with Crippen LogP contribution in [-0.4, -0.2) is 37.3 Å². The third kappa shape index (κ3) is 4.43. The molecule has 0 aromatic carbocycles. The Morgan fingerprint density at radius 1 is 1.26 bits per heavy atom. The Hall–Kier alpha value is -3.60. The predicted octanol–water partition coefficient (Wildman–Crippen LogP) is 3.32. The van der Waals surface area contributed by atoms with Crippen LogP contribution >= 0.6 is 11.6 Å². The first kappa shape index (κ1) is 23.6. The van der Waals surface area contributed by atoms with Gasteiger partial charge in [0, 0.05) is 17.8 Å². The Morgan fingerprint density at radius 2 is 2.03 bits per heavy atom.